The first-order chi connectivity index (χ1) is 13.9. The molecule has 0 fully saturated rings. The van der Waals surface area contributed by atoms with Crippen LogP contribution in [-0.4, -0.2) is 5.97 Å². The summed E-state index contributed by atoms with van der Waals surface area (Å²) in [7, 11) is 0. The van der Waals surface area contributed by atoms with Crippen molar-refractivity contribution in [2.75, 3.05) is 0 Å². The Labute approximate surface area is 174 Å². The summed E-state index contributed by atoms with van der Waals surface area (Å²) < 4.78 is 24.8. The van der Waals surface area contributed by atoms with E-state index in [0.717, 1.165) is 5.56 Å². The molecule has 1 heterocycles. The van der Waals surface area contributed by atoms with Gasteiger partial charge in [0.25, 0.3) is 0 Å². The monoisotopic (exact) mass is 412 g/mol. The molecule has 29 heavy (non-hydrogen) atoms. The molecule has 0 saturated heterocycles. The molecule has 0 radical (unpaired) electrons. The molecule has 150 valence electrons. The van der Waals surface area contributed by atoms with E-state index in [9.17, 15) is 9.18 Å². The minimum absolute atomic E-state index is 0.0231. The molecule has 0 aliphatic carbocycles. The lowest BCUT2D eigenvalue weighted by Crippen LogP contribution is -2.23. The van der Waals surface area contributed by atoms with Gasteiger partial charge in [-0.2, -0.15) is 0 Å². The Bertz CT molecular complexity index is 988. The van der Waals surface area contributed by atoms with Crippen LogP contribution >= 0.6 is 11.6 Å². The second-order valence-electron chi connectivity index (χ2n) is 7.09. The number of allylic oxidation sites excluding steroid dienone is 1. The predicted octanol–water partition coefficient (Wildman–Crippen LogP) is 6.81. The second kappa shape index (κ2) is 9.10. The molecule has 0 aliphatic heterocycles. The maximum Gasteiger partial charge on any atom is 0.319 e. The van der Waals surface area contributed by atoms with Gasteiger partial charge in [0.15, 0.2) is 11.5 Å². The van der Waals surface area contributed by atoms with Gasteiger partial charge in [-0.15, -0.1) is 6.58 Å². The molecule has 0 amide bonds. The average Bonchev–Trinajstić information content (AvgIpc) is 3.06. The zero-order valence-electron chi connectivity index (χ0n) is 16.3. The van der Waals surface area contributed by atoms with Gasteiger partial charge < -0.3 is 9.15 Å². The summed E-state index contributed by atoms with van der Waals surface area (Å²) in [5.41, 5.74) is 1.53. The Morgan fingerprint density at radius 2 is 1.83 bits per heavy atom. The van der Waals surface area contributed by atoms with Crippen LogP contribution in [0.4, 0.5) is 4.39 Å². The van der Waals surface area contributed by atoms with Crippen molar-refractivity contribution in [3.8, 4) is 17.1 Å². The van der Waals surface area contributed by atoms with Crippen molar-refractivity contribution in [1.29, 1.82) is 0 Å². The summed E-state index contributed by atoms with van der Waals surface area (Å²) in [4.78, 5) is 13.0. The van der Waals surface area contributed by atoms with Gasteiger partial charge in [0.2, 0.25) is 0 Å². The first kappa shape index (κ1) is 20.9. The number of halogens is 2. The Morgan fingerprint density at radius 1 is 1.17 bits per heavy atom. The van der Waals surface area contributed by atoms with Crippen LogP contribution in [-0.2, 0) is 11.2 Å². The number of esters is 1. The number of carbonyl (C=O) groups is 1. The molecule has 3 rings (SSSR count). The predicted molar refractivity (Wildman–Crippen MR) is 113 cm³/mol. The molecular weight excluding hydrogens is 391 g/mol. The van der Waals surface area contributed by atoms with E-state index in [2.05, 4.69) is 6.58 Å². The van der Waals surface area contributed by atoms with Crippen molar-refractivity contribution < 1.29 is 18.3 Å². The van der Waals surface area contributed by atoms with Gasteiger partial charge in [-0.1, -0.05) is 43.7 Å². The largest absolute Gasteiger partial charge is 0.457 e. The average molecular weight is 413 g/mol. The topological polar surface area (TPSA) is 39.4 Å². The Kier molecular flexibility index (Phi) is 6.55. The maximum atomic E-state index is 13.2. The van der Waals surface area contributed by atoms with Crippen LogP contribution in [0.25, 0.3) is 11.3 Å². The first-order valence-electron chi connectivity index (χ1n) is 9.35. The van der Waals surface area contributed by atoms with Crippen LogP contribution in [0.2, 0.25) is 5.02 Å². The van der Waals surface area contributed by atoms with Crippen LogP contribution in [0, 0.1) is 11.7 Å². The lowest BCUT2D eigenvalue weighted by molar-refractivity contribution is -0.137. The molecule has 0 aliphatic rings. The number of hydrogen-bond donors (Lipinski definition) is 0. The minimum Gasteiger partial charge on any atom is -0.457 e. The molecule has 0 N–H and O–H groups in total. The molecular formula is C24H22ClFO3. The highest BCUT2D eigenvalue weighted by molar-refractivity contribution is 6.30. The van der Waals surface area contributed by atoms with Crippen LogP contribution in [0.3, 0.4) is 0 Å². The van der Waals surface area contributed by atoms with Gasteiger partial charge in [0.1, 0.15) is 11.6 Å². The van der Waals surface area contributed by atoms with Gasteiger partial charge >= 0.3 is 5.97 Å². The van der Waals surface area contributed by atoms with Crippen LogP contribution in [0.15, 0.2) is 71.7 Å². The fourth-order valence-electron chi connectivity index (χ4n) is 3.16. The SMILES string of the molecule is C=CCc1oc(-c2ccc(F)cc2)cc1OC(=O)C(c1ccc(Cl)cc1)C(C)C. The molecule has 1 unspecified atom stereocenters. The number of ether oxygens (including phenoxy) is 1. The Balaban J connectivity index is 1.90. The normalized spacial score (nSPS) is 12.0. The zero-order valence-corrected chi connectivity index (χ0v) is 17.1. The highest BCUT2D eigenvalue weighted by Crippen LogP contribution is 2.34. The van der Waals surface area contributed by atoms with E-state index >= 15 is 0 Å². The first-order valence-corrected chi connectivity index (χ1v) is 9.73. The molecule has 1 aromatic heterocycles. The number of furan rings is 1. The maximum absolute atomic E-state index is 13.2. The third-order valence-corrected chi connectivity index (χ3v) is 4.84. The molecule has 1 atom stereocenters. The third kappa shape index (κ3) is 4.96. The second-order valence-corrected chi connectivity index (χ2v) is 7.53. The number of rotatable bonds is 7. The van der Waals surface area contributed by atoms with Gasteiger partial charge in [0, 0.05) is 23.1 Å². The Morgan fingerprint density at radius 3 is 2.41 bits per heavy atom. The van der Waals surface area contributed by atoms with E-state index in [1.54, 1.807) is 36.4 Å². The molecule has 0 bridgehead atoms. The van der Waals surface area contributed by atoms with Crippen molar-refractivity contribution in [3.63, 3.8) is 0 Å². The summed E-state index contributed by atoms with van der Waals surface area (Å²) in [5, 5.41) is 0.608. The summed E-state index contributed by atoms with van der Waals surface area (Å²) >= 11 is 5.97. The molecule has 2 aromatic carbocycles. The molecule has 0 spiro atoms. The fourth-order valence-corrected chi connectivity index (χ4v) is 3.29. The van der Waals surface area contributed by atoms with Crippen molar-refractivity contribution in [3.05, 3.63) is 89.4 Å². The molecule has 0 saturated carbocycles. The number of hydrogen-bond acceptors (Lipinski definition) is 3. The van der Waals surface area contributed by atoms with Crippen LogP contribution < -0.4 is 4.74 Å². The summed E-state index contributed by atoms with van der Waals surface area (Å²) in [5.74, 6) is 0.195. The molecule has 5 heteroatoms. The van der Waals surface area contributed by atoms with E-state index in [-0.39, 0.29) is 17.7 Å². The van der Waals surface area contributed by atoms with Gasteiger partial charge in [-0.05, 0) is 47.9 Å². The van der Waals surface area contributed by atoms with Gasteiger partial charge in [-0.3, -0.25) is 4.79 Å². The van der Waals surface area contributed by atoms with Crippen molar-refractivity contribution >= 4 is 17.6 Å². The van der Waals surface area contributed by atoms with E-state index < -0.39 is 5.92 Å². The zero-order chi connectivity index (χ0) is 21.0. The molecule has 3 nitrogen and oxygen atoms in total. The number of benzene rings is 2. The fraction of sp³-hybridized carbons (Fsp3) is 0.208. The highest BCUT2D eigenvalue weighted by atomic mass is 35.5. The lowest BCUT2D eigenvalue weighted by Gasteiger charge is -2.19. The van der Waals surface area contributed by atoms with Crippen molar-refractivity contribution in [1.82, 2.24) is 0 Å². The van der Waals surface area contributed by atoms with Gasteiger partial charge in [-0.25, -0.2) is 4.39 Å². The highest BCUT2D eigenvalue weighted by Gasteiger charge is 2.28. The van der Waals surface area contributed by atoms with E-state index in [1.165, 1.54) is 12.1 Å². The van der Waals surface area contributed by atoms with Gasteiger partial charge in [0.05, 0.1) is 5.92 Å². The van der Waals surface area contributed by atoms with E-state index in [4.69, 9.17) is 20.8 Å². The summed E-state index contributed by atoms with van der Waals surface area (Å²) in [6.07, 6.45) is 2.07. The van der Waals surface area contributed by atoms with Crippen LogP contribution in [0.5, 0.6) is 5.75 Å². The summed E-state index contributed by atoms with van der Waals surface area (Å²) in [6.45, 7) is 7.65. The lowest BCUT2D eigenvalue weighted by atomic mass is 9.88. The minimum atomic E-state index is -0.451. The smallest absolute Gasteiger partial charge is 0.319 e. The van der Waals surface area contributed by atoms with E-state index in [0.29, 0.717) is 34.3 Å². The Hall–Kier alpha value is -2.85. The van der Waals surface area contributed by atoms with Crippen molar-refractivity contribution in [2.24, 2.45) is 5.92 Å². The standard InChI is InChI=1S/C24H22ClFO3/c1-4-5-20-22(14-21(28-20)16-8-12-19(26)13-9-16)29-24(27)23(15(2)3)17-6-10-18(25)11-7-17/h4,6-15,23H,1,5H2,2-3H3. The van der Waals surface area contributed by atoms with E-state index in [1.807, 2.05) is 26.0 Å². The third-order valence-electron chi connectivity index (χ3n) is 4.59. The van der Waals surface area contributed by atoms with Crippen LogP contribution in [0.1, 0.15) is 31.1 Å². The quantitative estimate of drug-likeness (QED) is 0.316. The number of carbonyl (C=O) groups excluding carboxylic acids is 1. The van der Waals surface area contributed by atoms with Crippen molar-refractivity contribution in [2.45, 2.75) is 26.2 Å². The molecule has 3 aromatic rings. The summed E-state index contributed by atoms with van der Waals surface area (Å²) in [6, 6.07) is 14.8.